The topological polar surface area (TPSA) is 32.3 Å². The Morgan fingerprint density at radius 2 is 1.79 bits per heavy atom. The van der Waals surface area contributed by atoms with Crippen molar-refractivity contribution in [3.63, 3.8) is 0 Å². The lowest BCUT2D eigenvalue weighted by molar-refractivity contribution is 0.0607. The first-order chi connectivity index (χ1) is 11.8. The zero-order valence-corrected chi connectivity index (χ0v) is 15.8. The number of likely N-dealkylation sites (tertiary alicyclic amines) is 1. The molecule has 0 saturated carbocycles. The molecule has 3 aliphatic heterocycles. The van der Waals surface area contributed by atoms with Crippen LogP contribution in [0.4, 0.5) is 0 Å². The number of hydrogen-bond donors (Lipinski definition) is 1. The second kappa shape index (κ2) is 7.30. The minimum atomic E-state index is 0.214. The van der Waals surface area contributed by atoms with Gasteiger partial charge in [0.1, 0.15) is 0 Å². The molecule has 1 N–H and O–H groups in total. The van der Waals surface area contributed by atoms with Crippen molar-refractivity contribution in [2.75, 3.05) is 37.7 Å². The molecule has 5 heteroatoms. The van der Waals surface area contributed by atoms with Gasteiger partial charge in [0.05, 0.1) is 4.58 Å². The minimum Gasteiger partial charge on any atom is -0.339 e. The van der Waals surface area contributed by atoms with Crippen molar-refractivity contribution in [2.45, 2.75) is 30.3 Å². The Morgan fingerprint density at radius 1 is 1.08 bits per heavy atom. The number of nitrogens with zero attached hydrogens (tertiary/aromatic N) is 1. The summed E-state index contributed by atoms with van der Waals surface area (Å²) in [5.74, 6) is 2.72. The van der Waals surface area contributed by atoms with Gasteiger partial charge in [0, 0.05) is 25.2 Å². The highest BCUT2D eigenvalue weighted by Gasteiger charge is 2.38. The Labute approximate surface area is 153 Å². The number of carbonyl (C=O) groups is 1. The fourth-order valence-corrected chi connectivity index (χ4v) is 6.95. The first-order valence-corrected chi connectivity index (χ1v) is 11.2. The lowest BCUT2D eigenvalue weighted by Crippen LogP contribution is -2.44. The maximum absolute atomic E-state index is 12.8. The summed E-state index contributed by atoms with van der Waals surface area (Å²) in [5, 5.41) is 3.49. The average Bonchev–Trinajstić information content (AvgIpc) is 3.11. The summed E-state index contributed by atoms with van der Waals surface area (Å²) in [6.45, 7) is 4.11. The van der Waals surface area contributed by atoms with Gasteiger partial charge in [-0.2, -0.15) is 0 Å². The van der Waals surface area contributed by atoms with Crippen LogP contribution >= 0.6 is 23.5 Å². The minimum absolute atomic E-state index is 0.214. The first-order valence-electron chi connectivity index (χ1n) is 9.09. The van der Waals surface area contributed by atoms with Crippen LogP contribution in [0, 0.1) is 5.41 Å². The van der Waals surface area contributed by atoms with E-state index >= 15 is 0 Å². The van der Waals surface area contributed by atoms with Gasteiger partial charge in [0.25, 0.3) is 5.91 Å². The lowest BCUT2D eigenvalue weighted by Gasteiger charge is -2.39. The third kappa shape index (κ3) is 3.49. The molecule has 3 saturated heterocycles. The summed E-state index contributed by atoms with van der Waals surface area (Å²) >= 11 is 4.06. The Kier molecular flexibility index (Phi) is 5.11. The van der Waals surface area contributed by atoms with Gasteiger partial charge in [-0.1, -0.05) is 12.1 Å². The standard InChI is InChI=1S/C19H26N2OS2/c22-17(21-10-7-19(8-11-21)6-9-20-14-19)15-2-4-16(5-3-15)18-23-12-1-13-24-18/h2-5,18,20H,1,6-14H2. The summed E-state index contributed by atoms with van der Waals surface area (Å²) in [5.41, 5.74) is 2.68. The van der Waals surface area contributed by atoms with E-state index in [1.54, 1.807) is 0 Å². The number of carbonyl (C=O) groups excluding carboxylic acids is 1. The molecule has 24 heavy (non-hydrogen) atoms. The third-order valence-corrected chi connectivity index (χ3v) is 8.72. The van der Waals surface area contributed by atoms with E-state index in [-0.39, 0.29) is 5.91 Å². The zero-order valence-electron chi connectivity index (χ0n) is 14.1. The first kappa shape index (κ1) is 16.8. The Balaban J connectivity index is 1.37. The van der Waals surface area contributed by atoms with E-state index in [1.165, 1.54) is 29.9 Å². The van der Waals surface area contributed by atoms with Gasteiger partial charge >= 0.3 is 0 Å². The van der Waals surface area contributed by atoms with Crippen molar-refractivity contribution >= 4 is 29.4 Å². The predicted molar refractivity (Wildman–Crippen MR) is 104 cm³/mol. The van der Waals surface area contributed by atoms with Crippen LogP contribution < -0.4 is 5.32 Å². The van der Waals surface area contributed by atoms with Crippen molar-refractivity contribution in [3.8, 4) is 0 Å². The van der Waals surface area contributed by atoms with Crippen LogP contribution in [0.25, 0.3) is 0 Å². The van der Waals surface area contributed by atoms with E-state index in [1.807, 2.05) is 35.7 Å². The molecule has 1 spiro atoms. The van der Waals surface area contributed by atoms with Crippen molar-refractivity contribution in [3.05, 3.63) is 35.4 Å². The monoisotopic (exact) mass is 362 g/mol. The number of rotatable bonds is 2. The number of benzene rings is 1. The van der Waals surface area contributed by atoms with Crippen molar-refractivity contribution in [2.24, 2.45) is 5.41 Å². The molecule has 0 aliphatic carbocycles. The van der Waals surface area contributed by atoms with Crippen molar-refractivity contribution in [1.82, 2.24) is 10.2 Å². The summed E-state index contributed by atoms with van der Waals surface area (Å²) in [6.07, 6.45) is 4.90. The second-order valence-electron chi connectivity index (χ2n) is 7.27. The molecule has 3 nitrogen and oxygen atoms in total. The molecule has 0 atom stereocenters. The molecule has 1 aromatic rings. The molecule has 0 bridgehead atoms. The molecule has 0 radical (unpaired) electrons. The van der Waals surface area contributed by atoms with E-state index < -0.39 is 0 Å². The van der Waals surface area contributed by atoms with Crippen molar-refractivity contribution < 1.29 is 4.79 Å². The molecular formula is C19H26N2OS2. The second-order valence-corrected chi connectivity index (χ2v) is 9.99. The van der Waals surface area contributed by atoms with Gasteiger partial charge in [-0.25, -0.2) is 0 Å². The number of amides is 1. The molecule has 4 rings (SSSR count). The highest BCUT2D eigenvalue weighted by Crippen LogP contribution is 2.43. The van der Waals surface area contributed by atoms with Crippen molar-refractivity contribution in [1.29, 1.82) is 0 Å². The largest absolute Gasteiger partial charge is 0.339 e. The predicted octanol–water partition coefficient (Wildman–Crippen LogP) is 3.77. The van der Waals surface area contributed by atoms with Crippen LogP contribution in [0.15, 0.2) is 24.3 Å². The van der Waals surface area contributed by atoms with E-state index in [0.717, 1.165) is 44.6 Å². The van der Waals surface area contributed by atoms with Crippen LogP contribution in [-0.2, 0) is 0 Å². The van der Waals surface area contributed by atoms with Crippen LogP contribution in [0.2, 0.25) is 0 Å². The molecule has 3 aliphatic rings. The lowest BCUT2D eigenvalue weighted by atomic mass is 9.78. The van der Waals surface area contributed by atoms with Crippen LogP contribution in [0.1, 0.15) is 46.2 Å². The Bertz CT molecular complexity index is 568. The molecule has 3 fully saturated rings. The van der Waals surface area contributed by atoms with Gasteiger partial charge in [0.15, 0.2) is 0 Å². The highest BCUT2D eigenvalue weighted by molar-refractivity contribution is 8.16. The summed E-state index contributed by atoms with van der Waals surface area (Å²) in [6, 6.07) is 8.40. The highest BCUT2D eigenvalue weighted by atomic mass is 32.2. The normalized spacial score (nSPS) is 24.4. The van der Waals surface area contributed by atoms with Gasteiger partial charge < -0.3 is 10.2 Å². The fourth-order valence-electron chi connectivity index (χ4n) is 4.05. The summed E-state index contributed by atoms with van der Waals surface area (Å²) in [4.78, 5) is 14.8. The number of hydrogen-bond acceptors (Lipinski definition) is 4. The third-order valence-electron chi connectivity index (χ3n) is 5.70. The van der Waals surface area contributed by atoms with E-state index in [9.17, 15) is 4.79 Å². The van der Waals surface area contributed by atoms with Gasteiger partial charge in [-0.15, -0.1) is 23.5 Å². The maximum Gasteiger partial charge on any atom is 0.253 e. The van der Waals surface area contributed by atoms with Crippen LogP contribution in [-0.4, -0.2) is 48.5 Å². The van der Waals surface area contributed by atoms with Gasteiger partial charge in [-0.05, 0) is 66.8 Å². The SMILES string of the molecule is O=C(c1ccc(C2SCCCS2)cc1)N1CCC2(CCNC2)CC1. The van der Waals surface area contributed by atoms with E-state index in [2.05, 4.69) is 22.3 Å². The Morgan fingerprint density at radius 3 is 2.42 bits per heavy atom. The smallest absolute Gasteiger partial charge is 0.253 e. The van der Waals surface area contributed by atoms with Crippen LogP contribution in [0.3, 0.4) is 0 Å². The van der Waals surface area contributed by atoms with Gasteiger partial charge in [0.2, 0.25) is 0 Å². The van der Waals surface area contributed by atoms with Gasteiger partial charge in [-0.3, -0.25) is 4.79 Å². The molecular weight excluding hydrogens is 336 g/mol. The molecule has 3 heterocycles. The molecule has 0 unspecified atom stereocenters. The fraction of sp³-hybridized carbons (Fsp3) is 0.632. The number of nitrogens with one attached hydrogen (secondary N) is 1. The molecule has 130 valence electrons. The maximum atomic E-state index is 12.8. The van der Waals surface area contributed by atoms with E-state index in [4.69, 9.17) is 0 Å². The molecule has 1 amide bonds. The summed E-state index contributed by atoms with van der Waals surface area (Å²) < 4.78 is 0.549. The van der Waals surface area contributed by atoms with E-state index in [0.29, 0.717) is 10.00 Å². The quantitative estimate of drug-likeness (QED) is 0.868. The number of piperidine rings is 1. The molecule has 1 aromatic carbocycles. The molecule has 0 aromatic heterocycles. The zero-order chi connectivity index (χ0) is 16.4. The summed E-state index contributed by atoms with van der Waals surface area (Å²) in [7, 11) is 0. The number of thioether (sulfide) groups is 2. The average molecular weight is 363 g/mol. The van der Waals surface area contributed by atoms with Crippen LogP contribution in [0.5, 0.6) is 0 Å². The Hall–Kier alpha value is -0.650.